The van der Waals surface area contributed by atoms with Gasteiger partial charge in [-0.15, -0.1) is 0 Å². The van der Waals surface area contributed by atoms with E-state index in [1.807, 2.05) is 37.3 Å². The molecule has 0 aliphatic rings. The molecule has 0 saturated heterocycles. The highest BCUT2D eigenvalue weighted by Crippen LogP contribution is 2.32. The van der Waals surface area contributed by atoms with Crippen LogP contribution in [0.2, 0.25) is 0 Å². The highest BCUT2D eigenvalue weighted by Gasteiger charge is 2.24. The summed E-state index contributed by atoms with van der Waals surface area (Å²) in [6.45, 7) is 2.05. The second-order valence-corrected chi connectivity index (χ2v) is 6.75. The summed E-state index contributed by atoms with van der Waals surface area (Å²) < 4.78 is 7.23. The van der Waals surface area contributed by atoms with Crippen molar-refractivity contribution in [3.05, 3.63) is 62.5 Å². The summed E-state index contributed by atoms with van der Waals surface area (Å²) in [5.74, 6) is 0.827. The molecule has 0 amide bonds. The quantitative estimate of drug-likeness (QED) is 0.814. The molecule has 2 N–H and O–H groups in total. The number of halogens is 2. The fourth-order valence-corrected chi connectivity index (χ4v) is 3.59. The Hall–Kier alpha value is -0.840. The van der Waals surface area contributed by atoms with Crippen LogP contribution in [0, 0.1) is 0 Å². The van der Waals surface area contributed by atoms with Gasteiger partial charge in [0.05, 0.1) is 11.6 Å². The molecule has 0 heterocycles. The van der Waals surface area contributed by atoms with Crippen molar-refractivity contribution in [1.29, 1.82) is 0 Å². The zero-order chi connectivity index (χ0) is 14.8. The number of hydrogen-bond acceptors (Lipinski definition) is 2. The van der Waals surface area contributed by atoms with Gasteiger partial charge in [0.15, 0.2) is 0 Å². The van der Waals surface area contributed by atoms with Gasteiger partial charge in [0.2, 0.25) is 0 Å². The lowest BCUT2D eigenvalue weighted by Gasteiger charge is -2.27. The molecule has 0 spiro atoms. The van der Waals surface area contributed by atoms with E-state index in [0.29, 0.717) is 0 Å². The van der Waals surface area contributed by atoms with Crippen LogP contribution in [-0.4, -0.2) is 7.11 Å². The molecule has 0 aliphatic carbocycles. The van der Waals surface area contributed by atoms with Crippen molar-refractivity contribution >= 4 is 31.9 Å². The molecule has 2 nitrogen and oxygen atoms in total. The van der Waals surface area contributed by atoms with E-state index in [2.05, 4.69) is 44.0 Å². The first-order valence-electron chi connectivity index (χ1n) is 6.30. The maximum atomic E-state index is 6.51. The zero-order valence-electron chi connectivity index (χ0n) is 11.5. The molecule has 20 heavy (non-hydrogen) atoms. The van der Waals surface area contributed by atoms with Crippen molar-refractivity contribution in [1.82, 2.24) is 0 Å². The summed E-state index contributed by atoms with van der Waals surface area (Å²) in [6, 6.07) is 14.1. The van der Waals surface area contributed by atoms with E-state index in [9.17, 15) is 0 Å². The Morgan fingerprint density at radius 2 is 1.80 bits per heavy atom. The summed E-state index contributed by atoms with van der Waals surface area (Å²) in [4.78, 5) is 0. The highest BCUT2D eigenvalue weighted by molar-refractivity contribution is 9.10. The predicted molar refractivity (Wildman–Crippen MR) is 90.1 cm³/mol. The van der Waals surface area contributed by atoms with Crippen molar-refractivity contribution in [2.45, 2.75) is 18.9 Å². The lowest BCUT2D eigenvalue weighted by Crippen LogP contribution is -2.35. The van der Waals surface area contributed by atoms with Crippen LogP contribution in [0.5, 0.6) is 5.75 Å². The molecular weight excluding hydrogens is 382 g/mol. The molecule has 2 aromatic rings. The maximum Gasteiger partial charge on any atom is 0.133 e. The Bertz CT molecular complexity index is 611. The number of rotatable bonds is 4. The average molecular weight is 399 g/mol. The zero-order valence-corrected chi connectivity index (χ0v) is 14.7. The molecule has 0 bridgehead atoms. The van der Waals surface area contributed by atoms with Crippen LogP contribution in [0.3, 0.4) is 0 Å². The first-order chi connectivity index (χ1) is 9.44. The average Bonchev–Trinajstić information content (AvgIpc) is 2.38. The summed E-state index contributed by atoms with van der Waals surface area (Å²) >= 11 is 7.08. The second-order valence-electron chi connectivity index (χ2n) is 5.04. The Labute approximate surface area is 136 Å². The summed E-state index contributed by atoms with van der Waals surface area (Å²) in [5, 5.41) is 0. The van der Waals surface area contributed by atoms with E-state index in [-0.39, 0.29) is 0 Å². The van der Waals surface area contributed by atoms with Gasteiger partial charge in [-0.2, -0.15) is 0 Å². The standard InChI is InChI=1S/C16H17Br2NO/c1-16(19,12-5-3-4-6-13(12)17)10-11-7-8-15(20-2)14(18)9-11/h3-9H,10,19H2,1-2H3. The molecule has 106 valence electrons. The lowest BCUT2D eigenvalue weighted by molar-refractivity contribution is 0.411. The van der Waals surface area contributed by atoms with Gasteiger partial charge in [-0.3, -0.25) is 0 Å². The number of nitrogens with two attached hydrogens (primary N) is 1. The minimum Gasteiger partial charge on any atom is -0.496 e. The van der Waals surface area contributed by atoms with Crippen molar-refractivity contribution in [3.8, 4) is 5.75 Å². The molecule has 0 radical (unpaired) electrons. The van der Waals surface area contributed by atoms with Gasteiger partial charge in [0.1, 0.15) is 5.75 Å². The van der Waals surface area contributed by atoms with Crippen LogP contribution in [0.1, 0.15) is 18.1 Å². The Morgan fingerprint density at radius 3 is 2.40 bits per heavy atom. The fraction of sp³-hybridized carbons (Fsp3) is 0.250. The molecule has 0 aromatic heterocycles. The van der Waals surface area contributed by atoms with E-state index in [4.69, 9.17) is 10.5 Å². The van der Waals surface area contributed by atoms with Gasteiger partial charge in [-0.05, 0) is 58.6 Å². The van der Waals surface area contributed by atoms with Crippen LogP contribution in [0.15, 0.2) is 51.4 Å². The van der Waals surface area contributed by atoms with Crippen LogP contribution in [0.25, 0.3) is 0 Å². The smallest absolute Gasteiger partial charge is 0.133 e. The van der Waals surface area contributed by atoms with Gasteiger partial charge < -0.3 is 10.5 Å². The number of ether oxygens (including phenoxy) is 1. The SMILES string of the molecule is COc1ccc(CC(C)(N)c2ccccc2Br)cc1Br. The Kier molecular flexibility index (Phi) is 4.89. The molecule has 1 atom stereocenters. The second kappa shape index (κ2) is 6.29. The van der Waals surface area contributed by atoms with Crippen molar-refractivity contribution < 1.29 is 4.74 Å². The molecule has 0 aliphatic heterocycles. The Balaban J connectivity index is 2.28. The molecule has 2 aromatic carbocycles. The lowest BCUT2D eigenvalue weighted by atomic mass is 9.86. The van der Waals surface area contributed by atoms with Gasteiger partial charge in [-0.1, -0.05) is 40.2 Å². The molecule has 0 fully saturated rings. The van der Waals surface area contributed by atoms with E-state index in [1.54, 1.807) is 7.11 Å². The number of methoxy groups -OCH3 is 1. The number of benzene rings is 2. The first kappa shape index (κ1) is 15.5. The molecule has 1 unspecified atom stereocenters. The molecular formula is C16H17Br2NO. The fourth-order valence-electron chi connectivity index (χ4n) is 2.26. The van der Waals surface area contributed by atoms with Gasteiger partial charge in [0.25, 0.3) is 0 Å². The first-order valence-corrected chi connectivity index (χ1v) is 7.89. The third-order valence-corrected chi connectivity index (χ3v) is 4.59. The van der Waals surface area contributed by atoms with Crippen LogP contribution in [0.4, 0.5) is 0 Å². The summed E-state index contributed by atoms with van der Waals surface area (Å²) in [6.07, 6.45) is 0.748. The summed E-state index contributed by atoms with van der Waals surface area (Å²) in [5.41, 5.74) is 8.35. The van der Waals surface area contributed by atoms with Crippen LogP contribution >= 0.6 is 31.9 Å². The van der Waals surface area contributed by atoms with Gasteiger partial charge in [-0.25, -0.2) is 0 Å². The predicted octanol–water partition coefficient (Wildman–Crippen LogP) is 4.64. The minimum absolute atomic E-state index is 0.436. The molecule has 4 heteroatoms. The van der Waals surface area contributed by atoms with E-state index < -0.39 is 5.54 Å². The molecule has 0 saturated carbocycles. The van der Waals surface area contributed by atoms with E-state index >= 15 is 0 Å². The van der Waals surface area contributed by atoms with E-state index in [0.717, 1.165) is 26.7 Å². The third kappa shape index (κ3) is 3.43. The normalized spacial score (nSPS) is 13.8. The van der Waals surface area contributed by atoms with Gasteiger partial charge in [0, 0.05) is 10.0 Å². The third-order valence-electron chi connectivity index (χ3n) is 3.28. The Morgan fingerprint density at radius 1 is 1.10 bits per heavy atom. The van der Waals surface area contributed by atoms with Crippen molar-refractivity contribution in [3.63, 3.8) is 0 Å². The van der Waals surface area contributed by atoms with Crippen LogP contribution < -0.4 is 10.5 Å². The van der Waals surface area contributed by atoms with Crippen LogP contribution in [-0.2, 0) is 12.0 Å². The van der Waals surface area contributed by atoms with Crippen molar-refractivity contribution in [2.24, 2.45) is 5.73 Å². The summed E-state index contributed by atoms with van der Waals surface area (Å²) in [7, 11) is 1.66. The topological polar surface area (TPSA) is 35.2 Å². The minimum atomic E-state index is -0.436. The monoisotopic (exact) mass is 397 g/mol. The largest absolute Gasteiger partial charge is 0.496 e. The van der Waals surface area contributed by atoms with E-state index in [1.165, 1.54) is 5.56 Å². The van der Waals surface area contributed by atoms with Crippen molar-refractivity contribution in [2.75, 3.05) is 7.11 Å². The highest BCUT2D eigenvalue weighted by atomic mass is 79.9. The maximum absolute atomic E-state index is 6.51. The molecule has 2 rings (SSSR count). The number of hydrogen-bond donors (Lipinski definition) is 1. The van der Waals surface area contributed by atoms with Gasteiger partial charge >= 0.3 is 0 Å².